The van der Waals surface area contributed by atoms with Crippen molar-refractivity contribution in [3.05, 3.63) is 77.4 Å². The number of halogens is 1. The Labute approximate surface area is 133 Å². The highest BCUT2D eigenvalue weighted by Gasteiger charge is 2.16. The Kier molecular flexibility index (Phi) is 3.98. The Morgan fingerprint density at radius 2 is 1.48 bits per heavy atom. The van der Waals surface area contributed by atoms with E-state index in [9.17, 15) is 0 Å². The summed E-state index contributed by atoms with van der Waals surface area (Å²) in [5, 5.41) is 2.37. The molecule has 0 spiro atoms. The van der Waals surface area contributed by atoms with Gasteiger partial charge in [-0.05, 0) is 35.1 Å². The van der Waals surface area contributed by atoms with Gasteiger partial charge in [0.05, 0.1) is 11.9 Å². The summed E-state index contributed by atoms with van der Waals surface area (Å²) < 4.78 is 5.48. The summed E-state index contributed by atoms with van der Waals surface area (Å²) in [4.78, 5) is 0.175. The maximum atomic E-state index is 5.48. The number of methoxy groups -OCH3 is 1. The summed E-state index contributed by atoms with van der Waals surface area (Å²) in [5.74, 6) is 0.916. The van der Waals surface area contributed by atoms with Crippen LogP contribution in [0.4, 0.5) is 0 Å². The summed E-state index contributed by atoms with van der Waals surface area (Å²) in [7, 11) is 1.72. The van der Waals surface area contributed by atoms with Crippen molar-refractivity contribution in [2.24, 2.45) is 0 Å². The van der Waals surface area contributed by atoms with E-state index in [0.717, 1.165) is 11.1 Å². The Morgan fingerprint density at radius 3 is 2.19 bits per heavy atom. The fourth-order valence-corrected chi connectivity index (χ4v) is 3.65. The zero-order valence-corrected chi connectivity index (χ0v) is 13.7. The van der Waals surface area contributed by atoms with Crippen molar-refractivity contribution in [3.63, 3.8) is 0 Å². The fraction of sp³-hybridized carbons (Fsp3) is 0.158. The highest BCUT2D eigenvalue weighted by molar-refractivity contribution is 9.09. The van der Waals surface area contributed by atoms with Crippen molar-refractivity contribution < 1.29 is 4.74 Å². The molecule has 0 saturated carbocycles. The van der Waals surface area contributed by atoms with Gasteiger partial charge in [-0.3, -0.25) is 0 Å². The molecule has 0 aliphatic carbocycles. The molecule has 0 fully saturated rings. The van der Waals surface area contributed by atoms with Crippen LogP contribution < -0.4 is 4.74 Å². The zero-order chi connectivity index (χ0) is 14.8. The van der Waals surface area contributed by atoms with Gasteiger partial charge in [-0.25, -0.2) is 0 Å². The van der Waals surface area contributed by atoms with E-state index in [1.54, 1.807) is 7.11 Å². The summed E-state index contributed by atoms with van der Waals surface area (Å²) >= 11 is 3.87. The number of fused-ring (bicyclic) bond motifs is 1. The van der Waals surface area contributed by atoms with Crippen LogP contribution in [-0.2, 0) is 0 Å². The van der Waals surface area contributed by atoms with E-state index in [2.05, 4.69) is 71.4 Å². The van der Waals surface area contributed by atoms with E-state index in [0.29, 0.717) is 0 Å². The molecule has 3 aromatic rings. The lowest BCUT2D eigenvalue weighted by Gasteiger charge is -2.17. The average molecular weight is 341 g/mol. The molecule has 3 aromatic carbocycles. The maximum Gasteiger partial charge on any atom is 0.126 e. The van der Waals surface area contributed by atoms with Gasteiger partial charge in [-0.15, -0.1) is 0 Å². The molecule has 0 saturated heterocycles. The number of benzene rings is 3. The van der Waals surface area contributed by atoms with Crippen molar-refractivity contribution in [1.82, 2.24) is 0 Å². The molecule has 0 bridgehead atoms. The molecule has 0 N–H and O–H groups in total. The lowest BCUT2D eigenvalue weighted by molar-refractivity contribution is 0.419. The Balaban J connectivity index is 2.19. The lowest BCUT2D eigenvalue weighted by Crippen LogP contribution is -1.97. The monoisotopic (exact) mass is 340 g/mol. The summed E-state index contributed by atoms with van der Waals surface area (Å²) in [6.07, 6.45) is 0. The van der Waals surface area contributed by atoms with Crippen molar-refractivity contribution in [3.8, 4) is 5.75 Å². The number of rotatable bonds is 3. The van der Waals surface area contributed by atoms with Gasteiger partial charge in [0.25, 0.3) is 0 Å². The van der Waals surface area contributed by atoms with Gasteiger partial charge in [-0.1, -0.05) is 70.5 Å². The predicted octanol–water partition coefficient (Wildman–Crippen LogP) is 5.64. The highest BCUT2D eigenvalue weighted by Crippen LogP contribution is 2.39. The molecule has 0 aliphatic heterocycles. The third-order valence-electron chi connectivity index (χ3n) is 3.87. The molecule has 0 aliphatic rings. The van der Waals surface area contributed by atoms with E-state index < -0.39 is 0 Å². The van der Waals surface area contributed by atoms with Crippen LogP contribution in [0.15, 0.2) is 60.7 Å². The quantitative estimate of drug-likeness (QED) is 0.560. The first kappa shape index (κ1) is 14.2. The van der Waals surface area contributed by atoms with Gasteiger partial charge in [-0.2, -0.15) is 0 Å². The van der Waals surface area contributed by atoms with E-state index in [4.69, 9.17) is 4.74 Å². The second kappa shape index (κ2) is 5.90. The molecular weight excluding hydrogens is 324 g/mol. The molecule has 2 heteroatoms. The van der Waals surface area contributed by atoms with Crippen molar-refractivity contribution in [2.75, 3.05) is 7.11 Å². The van der Waals surface area contributed by atoms with Crippen LogP contribution in [-0.4, -0.2) is 7.11 Å². The molecule has 106 valence electrons. The topological polar surface area (TPSA) is 9.23 Å². The van der Waals surface area contributed by atoms with Gasteiger partial charge in [0.15, 0.2) is 0 Å². The molecule has 0 aromatic heterocycles. The zero-order valence-electron chi connectivity index (χ0n) is 12.1. The van der Waals surface area contributed by atoms with Gasteiger partial charge in [0, 0.05) is 5.39 Å². The third-order valence-corrected chi connectivity index (χ3v) is 4.86. The minimum Gasteiger partial charge on any atom is -0.496 e. The number of ether oxygens (including phenoxy) is 1. The normalized spacial score (nSPS) is 12.3. The largest absolute Gasteiger partial charge is 0.496 e. The average Bonchev–Trinajstić information content (AvgIpc) is 2.53. The van der Waals surface area contributed by atoms with Crippen LogP contribution in [0, 0.1) is 6.92 Å². The van der Waals surface area contributed by atoms with Gasteiger partial charge >= 0.3 is 0 Å². The smallest absolute Gasteiger partial charge is 0.126 e. The summed E-state index contributed by atoms with van der Waals surface area (Å²) in [6, 6.07) is 21.1. The van der Waals surface area contributed by atoms with Gasteiger partial charge in [0.2, 0.25) is 0 Å². The SMILES string of the molecule is COc1ccc(C(Br)c2ccccc2C)c2ccccc12. The van der Waals surface area contributed by atoms with E-state index in [1.807, 2.05) is 12.1 Å². The molecule has 21 heavy (non-hydrogen) atoms. The second-order valence-corrected chi connectivity index (χ2v) is 6.04. The van der Waals surface area contributed by atoms with Crippen LogP contribution in [0.2, 0.25) is 0 Å². The van der Waals surface area contributed by atoms with Crippen LogP contribution in [0.5, 0.6) is 5.75 Å². The lowest BCUT2D eigenvalue weighted by atomic mass is 9.95. The van der Waals surface area contributed by atoms with Gasteiger partial charge < -0.3 is 4.74 Å². The highest BCUT2D eigenvalue weighted by atomic mass is 79.9. The molecule has 0 amide bonds. The standard InChI is InChI=1S/C19H17BrO/c1-13-7-3-4-8-14(13)19(20)17-11-12-18(21-2)16-10-6-5-9-15(16)17/h3-12,19H,1-2H3. The van der Waals surface area contributed by atoms with Crippen molar-refractivity contribution in [1.29, 1.82) is 0 Å². The fourth-order valence-electron chi connectivity index (χ4n) is 2.73. The van der Waals surface area contributed by atoms with E-state index in [-0.39, 0.29) is 4.83 Å². The predicted molar refractivity (Wildman–Crippen MR) is 92.4 cm³/mol. The van der Waals surface area contributed by atoms with Crippen LogP contribution >= 0.6 is 15.9 Å². The number of hydrogen-bond acceptors (Lipinski definition) is 1. The first-order valence-electron chi connectivity index (χ1n) is 6.97. The minimum atomic E-state index is 0.175. The number of hydrogen-bond donors (Lipinski definition) is 0. The van der Waals surface area contributed by atoms with Crippen molar-refractivity contribution >= 4 is 26.7 Å². The molecule has 0 radical (unpaired) electrons. The Morgan fingerprint density at radius 1 is 0.810 bits per heavy atom. The Hall–Kier alpha value is -1.80. The molecule has 1 nitrogen and oxygen atoms in total. The first-order chi connectivity index (χ1) is 10.2. The third kappa shape index (κ3) is 2.56. The molecular formula is C19H17BrO. The number of aryl methyl sites for hydroxylation is 1. The summed E-state index contributed by atoms with van der Waals surface area (Å²) in [6.45, 7) is 2.15. The molecule has 0 heterocycles. The minimum absolute atomic E-state index is 0.175. The Bertz CT molecular complexity index is 779. The first-order valence-corrected chi connectivity index (χ1v) is 7.89. The van der Waals surface area contributed by atoms with E-state index in [1.165, 1.54) is 22.1 Å². The van der Waals surface area contributed by atoms with Crippen LogP contribution in [0.3, 0.4) is 0 Å². The molecule has 1 unspecified atom stereocenters. The van der Waals surface area contributed by atoms with Crippen molar-refractivity contribution in [2.45, 2.75) is 11.8 Å². The summed E-state index contributed by atoms with van der Waals surface area (Å²) in [5.41, 5.74) is 3.85. The maximum absolute atomic E-state index is 5.48. The van der Waals surface area contributed by atoms with Crippen LogP contribution in [0.1, 0.15) is 21.5 Å². The number of alkyl halides is 1. The molecule has 1 atom stereocenters. The molecule has 3 rings (SSSR count). The van der Waals surface area contributed by atoms with E-state index >= 15 is 0 Å². The second-order valence-electron chi connectivity index (χ2n) is 5.12. The van der Waals surface area contributed by atoms with Gasteiger partial charge in [0.1, 0.15) is 5.75 Å². The van der Waals surface area contributed by atoms with Crippen LogP contribution in [0.25, 0.3) is 10.8 Å².